The molecule has 0 radical (unpaired) electrons. The molecule has 10 nitrogen and oxygen atoms in total. The fraction of sp³-hybridized carbons (Fsp3) is 0.240. The first kappa shape index (κ1) is 23.7. The second-order valence-electron chi connectivity index (χ2n) is 8.26. The van der Waals surface area contributed by atoms with Crippen molar-refractivity contribution in [2.24, 2.45) is 0 Å². The summed E-state index contributed by atoms with van der Waals surface area (Å²) in [5.74, 6) is 0.109. The highest BCUT2D eigenvalue weighted by Gasteiger charge is 2.18. The van der Waals surface area contributed by atoms with Gasteiger partial charge in [-0.15, -0.1) is 0 Å². The van der Waals surface area contributed by atoms with Crippen LogP contribution in [0.15, 0.2) is 57.8 Å². The number of rotatable bonds is 6. The topological polar surface area (TPSA) is 128 Å². The minimum atomic E-state index is -0.636. The largest absolute Gasteiger partial charge is 0.489 e. The predicted molar refractivity (Wildman–Crippen MR) is 128 cm³/mol. The standard InChI is InChI=1S/C25H25N5O5/c1-14(2)30-25(33)20-8-6-5-7-19(20)22(28-30)24(32)27-26-23(31)17-9-11-18(12-10-17)34-13-21-15(3)29-35-16(21)4/h5-12,14H,13H2,1-4H3,(H,26,31)(H,27,32). The molecule has 2 aromatic heterocycles. The molecule has 180 valence electrons. The first-order valence-electron chi connectivity index (χ1n) is 11.0. The lowest BCUT2D eigenvalue weighted by Gasteiger charge is -2.14. The highest BCUT2D eigenvalue weighted by molar-refractivity contribution is 6.06. The fourth-order valence-electron chi connectivity index (χ4n) is 3.54. The van der Waals surface area contributed by atoms with Gasteiger partial charge >= 0.3 is 0 Å². The molecule has 0 spiro atoms. The van der Waals surface area contributed by atoms with Crippen LogP contribution in [0.25, 0.3) is 10.8 Å². The first-order chi connectivity index (χ1) is 16.8. The summed E-state index contributed by atoms with van der Waals surface area (Å²) in [5, 5.41) is 8.90. The molecule has 0 bridgehead atoms. The Bertz CT molecular complexity index is 1430. The van der Waals surface area contributed by atoms with Crippen LogP contribution >= 0.6 is 0 Å². The summed E-state index contributed by atoms with van der Waals surface area (Å²) >= 11 is 0. The van der Waals surface area contributed by atoms with E-state index in [1.807, 2.05) is 13.8 Å². The number of aromatic nitrogens is 3. The maximum Gasteiger partial charge on any atom is 0.290 e. The van der Waals surface area contributed by atoms with Gasteiger partial charge in [0, 0.05) is 10.9 Å². The molecule has 0 atom stereocenters. The highest BCUT2D eigenvalue weighted by Crippen LogP contribution is 2.18. The molecular formula is C25H25N5O5. The van der Waals surface area contributed by atoms with Crippen molar-refractivity contribution in [2.45, 2.75) is 40.3 Å². The summed E-state index contributed by atoms with van der Waals surface area (Å²) in [6, 6.07) is 13.0. The number of nitrogens with one attached hydrogen (secondary N) is 2. The SMILES string of the molecule is Cc1noc(C)c1COc1ccc(C(=O)NNC(=O)c2nn(C(C)C)c(=O)c3ccccc23)cc1. The summed E-state index contributed by atoms with van der Waals surface area (Å²) in [6.07, 6.45) is 0. The molecule has 2 aromatic carbocycles. The minimum Gasteiger partial charge on any atom is -0.489 e. The van der Waals surface area contributed by atoms with E-state index in [0.717, 1.165) is 11.3 Å². The number of hydrogen-bond donors (Lipinski definition) is 2. The van der Waals surface area contributed by atoms with Crippen LogP contribution in [0.4, 0.5) is 0 Å². The van der Waals surface area contributed by atoms with Gasteiger partial charge in [0.15, 0.2) is 5.69 Å². The molecule has 0 saturated carbocycles. The van der Waals surface area contributed by atoms with Crippen LogP contribution < -0.4 is 21.1 Å². The van der Waals surface area contributed by atoms with Gasteiger partial charge in [0.2, 0.25) is 0 Å². The van der Waals surface area contributed by atoms with Crippen LogP contribution in [0, 0.1) is 13.8 Å². The van der Waals surface area contributed by atoms with E-state index < -0.39 is 11.8 Å². The molecule has 0 saturated heterocycles. The van der Waals surface area contributed by atoms with Crippen LogP contribution in [-0.2, 0) is 6.61 Å². The van der Waals surface area contributed by atoms with Crippen molar-refractivity contribution in [3.8, 4) is 5.75 Å². The number of nitrogens with zero attached hydrogens (tertiary/aromatic N) is 3. The number of carbonyl (C=O) groups is 2. The second kappa shape index (κ2) is 9.80. The zero-order valence-electron chi connectivity index (χ0n) is 19.8. The zero-order valence-corrected chi connectivity index (χ0v) is 19.8. The Hall–Kier alpha value is -4.47. The first-order valence-corrected chi connectivity index (χ1v) is 11.0. The van der Waals surface area contributed by atoms with E-state index in [-0.39, 0.29) is 17.3 Å². The predicted octanol–water partition coefficient (Wildman–Crippen LogP) is 3.24. The van der Waals surface area contributed by atoms with Gasteiger partial charge in [-0.3, -0.25) is 25.2 Å². The quantitative estimate of drug-likeness (QED) is 0.410. The van der Waals surface area contributed by atoms with Gasteiger partial charge < -0.3 is 9.26 Å². The molecule has 0 aliphatic heterocycles. The summed E-state index contributed by atoms with van der Waals surface area (Å²) in [7, 11) is 0. The highest BCUT2D eigenvalue weighted by atomic mass is 16.5. The summed E-state index contributed by atoms with van der Waals surface area (Å²) in [4.78, 5) is 38.1. The molecular weight excluding hydrogens is 450 g/mol. The lowest BCUT2D eigenvalue weighted by Crippen LogP contribution is -2.42. The van der Waals surface area contributed by atoms with Crippen molar-refractivity contribution >= 4 is 22.6 Å². The van der Waals surface area contributed by atoms with Crippen LogP contribution in [0.2, 0.25) is 0 Å². The molecule has 0 aliphatic carbocycles. The van der Waals surface area contributed by atoms with E-state index in [1.54, 1.807) is 62.4 Å². The van der Waals surface area contributed by atoms with E-state index >= 15 is 0 Å². The number of hydrazine groups is 1. The number of amides is 2. The molecule has 0 fully saturated rings. The van der Waals surface area contributed by atoms with Crippen molar-refractivity contribution in [1.82, 2.24) is 25.8 Å². The maximum absolute atomic E-state index is 12.9. The van der Waals surface area contributed by atoms with Gasteiger partial charge in [-0.1, -0.05) is 23.4 Å². The van der Waals surface area contributed by atoms with Crippen LogP contribution in [0.5, 0.6) is 5.75 Å². The third-order valence-electron chi connectivity index (χ3n) is 5.50. The van der Waals surface area contributed by atoms with Crippen molar-refractivity contribution < 1.29 is 18.8 Å². The third-order valence-corrected chi connectivity index (χ3v) is 5.50. The Morgan fingerprint density at radius 3 is 2.29 bits per heavy atom. The van der Waals surface area contributed by atoms with Gasteiger partial charge in [0.25, 0.3) is 17.4 Å². The number of benzene rings is 2. The Morgan fingerprint density at radius 2 is 1.66 bits per heavy atom. The van der Waals surface area contributed by atoms with Crippen molar-refractivity contribution in [3.05, 3.63) is 87.2 Å². The van der Waals surface area contributed by atoms with Gasteiger partial charge in [-0.2, -0.15) is 5.10 Å². The zero-order chi connectivity index (χ0) is 25.1. The molecule has 4 aromatic rings. The number of fused-ring (bicyclic) bond motifs is 1. The van der Waals surface area contributed by atoms with E-state index in [4.69, 9.17) is 9.26 Å². The molecule has 0 unspecified atom stereocenters. The van der Waals surface area contributed by atoms with Gasteiger partial charge in [0.05, 0.1) is 22.7 Å². The van der Waals surface area contributed by atoms with E-state index in [2.05, 4.69) is 21.1 Å². The number of carbonyl (C=O) groups excluding carboxylic acids is 2. The summed E-state index contributed by atoms with van der Waals surface area (Å²) in [5.41, 5.74) is 6.48. The maximum atomic E-state index is 12.9. The minimum absolute atomic E-state index is 0.0391. The molecule has 10 heteroatoms. The number of ether oxygens (including phenoxy) is 1. The summed E-state index contributed by atoms with van der Waals surface area (Å²) < 4.78 is 12.1. The van der Waals surface area contributed by atoms with E-state index in [0.29, 0.717) is 34.5 Å². The normalized spacial score (nSPS) is 11.0. The van der Waals surface area contributed by atoms with Gasteiger partial charge in [-0.25, -0.2) is 4.68 Å². The van der Waals surface area contributed by atoms with Gasteiger partial charge in [-0.05, 0) is 58.0 Å². The molecule has 0 aliphatic rings. The number of hydrogen-bond acceptors (Lipinski definition) is 7. The lowest BCUT2D eigenvalue weighted by molar-refractivity contribution is 0.0843. The van der Waals surface area contributed by atoms with Crippen LogP contribution in [-0.4, -0.2) is 26.8 Å². The van der Waals surface area contributed by atoms with Crippen LogP contribution in [0.3, 0.4) is 0 Å². The lowest BCUT2D eigenvalue weighted by atomic mass is 10.1. The Labute approximate surface area is 200 Å². The monoisotopic (exact) mass is 475 g/mol. The number of aryl methyl sites for hydroxylation is 2. The van der Waals surface area contributed by atoms with E-state index in [9.17, 15) is 14.4 Å². The summed E-state index contributed by atoms with van der Waals surface area (Å²) in [6.45, 7) is 7.55. The Morgan fingerprint density at radius 1 is 1.00 bits per heavy atom. The second-order valence-corrected chi connectivity index (χ2v) is 8.26. The van der Waals surface area contributed by atoms with Gasteiger partial charge in [0.1, 0.15) is 18.1 Å². The van der Waals surface area contributed by atoms with Crippen molar-refractivity contribution in [2.75, 3.05) is 0 Å². The average molecular weight is 476 g/mol. The average Bonchev–Trinajstić information content (AvgIpc) is 3.18. The fourth-order valence-corrected chi connectivity index (χ4v) is 3.54. The molecule has 35 heavy (non-hydrogen) atoms. The van der Waals surface area contributed by atoms with Crippen molar-refractivity contribution in [3.63, 3.8) is 0 Å². The molecule has 2 amide bonds. The van der Waals surface area contributed by atoms with Crippen molar-refractivity contribution in [1.29, 1.82) is 0 Å². The van der Waals surface area contributed by atoms with E-state index in [1.165, 1.54) is 4.68 Å². The Kier molecular flexibility index (Phi) is 6.63. The smallest absolute Gasteiger partial charge is 0.290 e. The van der Waals surface area contributed by atoms with Crippen LogP contribution in [0.1, 0.15) is 57.8 Å². The molecule has 4 rings (SSSR count). The Balaban J connectivity index is 1.43. The molecule has 2 heterocycles. The third kappa shape index (κ3) is 4.91. The molecule has 2 N–H and O–H groups in total.